The van der Waals surface area contributed by atoms with Crippen molar-refractivity contribution in [2.75, 3.05) is 23.7 Å². The molecule has 31 heavy (non-hydrogen) atoms. The van der Waals surface area contributed by atoms with Crippen molar-refractivity contribution in [3.63, 3.8) is 0 Å². The Morgan fingerprint density at radius 2 is 1.97 bits per heavy atom. The predicted octanol–water partition coefficient (Wildman–Crippen LogP) is 1.69. The molecule has 10 nitrogen and oxygen atoms in total. The van der Waals surface area contributed by atoms with Crippen LogP contribution in [0, 0.1) is 28.6 Å². The number of likely N-dealkylation sites (tertiary alicyclic amines) is 1. The van der Waals surface area contributed by atoms with Gasteiger partial charge >= 0.3 is 0 Å². The highest BCUT2D eigenvalue weighted by atomic mass is 16.2. The summed E-state index contributed by atoms with van der Waals surface area (Å²) >= 11 is 0. The first-order valence-electron chi connectivity index (χ1n) is 10.1. The normalized spacial score (nSPS) is 17.5. The van der Waals surface area contributed by atoms with E-state index >= 15 is 0 Å². The van der Waals surface area contributed by atoms with E-state index in [4.69, 9.17) is 5.26 Å². The van der Waals surface area contributed by atoms with E-state index in [1.807, 2.05) is 6.07 Å². The van der Waals surface area contributed by atoms with Crippen molar-refractivity contribution in [2.24, 2.45) is 5.92 Å². The molecule has 2 aliphatic rings. The summed E-state index contributed by atoms with van der Waals surface area (Å²) in [5.41, 5.74) is 1.67. The third-order valence-electron chi connectivity index (χ3n) is 5.29. The molecule has 2 amide bonds. The first kappa shape index (κ1) is 20.2. The van der Waals surface area contributed by atoms with Gasteiger partial charge in [-0.2, -0.15) is 10.5 Å². The molecule has 1 atom stereocenters. The second kappa shape index (κ2) is 8.76. The standard InChI is InChI=1S/C21H20N8O2/c22-7-15-2-1-5-29(15)20(30)12-26-16-6-14(9-24-17(16)8-23)18-10-27-19(11-25-18)28-21(31)13-3-4-13/h6,9-11,13,15,26H,1-5,12H2,(H,27,28,31). The van der Waals surface area contributed by atoms with Crippen molar-refractivity contribution in [3.8, 4) is 23.4 Å². The molecule has 0 bridgehead atoms. The number of hydrogen-bond donors (Lipinski definition) is 2. The summed E-state index contributed by atoms with van der Waals surface area (Å²) in [4.78, 5) is 38.5. The fraction of sp³-hybridized carbons (Fsp3) is 0.381. The van der Waals surface area contributed by atoms with Crippen molar-refractivity contribution in [3.05, 3.63) is 30.4 Å². The van der Waals surface area contributed by atoms with Gasteiger partial charge in [-0.15, -0.1) is 0 Å². The first-order valence-corrected chi connectivity index (χ1v) is 10.1. The molecular formula is C21H20N8O2. The van der Waals surface area contributed by atoms with Gasteiger partial charge in [0.2, 0.25) is 11.8 Å². The third kappa shape index (κ3) is 4.59. The molecule has 1 saturated heterocycles. The van der Waals surface area contributed by atoms with Crippen LogP contribution in [0.1, 0.15) is 31.4 Å². The molecule has 0 radical (unpaired) electrons. The van der Waals surface area contributed by atoms with E-state index in [9.17, 15) is 14.9 Å². The van der Waals surface area contributed by atoms with Crippen LogP contribution in [0.5, 0.6) is 0 Å². The highest BCUT2D eigenvalue weighted by Gasteiger charge is 2.30. The molecule has 2 aromatic rings. The zero-order chi connectivity index (χ0) is 21.8. The first-order chi connectivity index (χ1) is 15.1. The fourth-order valence-electron chi connectivity index (χ4n) is 3.42. The fourth-order valence-corrected chi connectivity index (χ4v) is 3.42. The molecule has 2 N–H and O–H groups in total. The van der Waals surface area contributed by atoms with E-state index in [1.54, 1.807) is 11.0 Å². The topological polar surface area (TPSA) is 148 Å². The van der Waals surface area contributed by atoms with E-state index < -0.39 is 6.04 Å². The summed E-state index contributed by atoms with van der Waals surface area (Å²) < 4.78 is 0. The van der Waals surface area contributed by atoms with Crippen molar-refractivity contribution < 1.29 is 9.59 Å². The van der Waals surface area contributed by atoms with Gasteiger partial charge < -0.3 is 15.5 Å². The molecule has 3 heterocycles. The van der Waals surface area contributed by atoms with Crippen LogP contribution in [-0.4, -0.2) is 50.8 Å². The summed E-state index contributed by atoms with van der Waals surface area (Å²) in [5, 5.41) is 24.2. The van der Waals surface area contributed by atoms with Gasteiger partial charge in [0.1, 0.15) is 12.1 Å². The Morgan fingerprint density at radius 1 is 1.13 bits per heavy atom. The molecule has 156 valence electrons. The SMILES string of the molecule is N#Cc1ncc(-c2cnc(NC(=O)C3CC3)cn2)cc1NCC(=O)N1CCCC1C#N. The van der Waals surface area contributed by atoms with Gasteiger partial charge in [-0.3, -0.25) is 14.6 Å². The van der Waals surface area contributed by atoms with E-state index in [-0.39, 0.29) is 30.0 Å². The lowest BCUT2D eigenvalue weighted by molar-refractivity contribution is -0.129. The number of rotatable bonds is 6. The molecule has 0 aromatic carbocycles. The minimum absolute atomic E-state index is 0.0458. The van der Waals surface area contributed by atoms with Crippen LogP contribution in [0.3, 0.4) is 0 Å². The number of pyridine rings is 1. The van der Waals surface area contributed by atoms with Crippen molar-refractivity contribution in [1.29, 1.82) is 10.5 Å². The summed E-state index contributed by atoms with van der Waals surface area (Å²) in [6.07, 6.45) is 7.79. The second-order valence-electron chi connectivity index (χ2n) is 7.51. The lowest BCUT2D eigenvalue weighted by atomic mass is 10.1. The molecule has 1 aliphatic carbocycles. The molecule has 10 heteroatoms. The van der Waals surface area contributed by atoms with Crippen molar-refractivity contribution in [1.82, 2.24) is 19.9 Å². The predicted molar refractivity (Wildman–Crippen MR) is 110 cm³/mol. The molecular weight excluding hydrogens is 396 g/mol. The van der Waals surface area contributed by atoms with Crippen LogP contribution < -0.4 is 10.6 Å². The zero-order valence-electron chi connectivity index (χ0n) is 16.7. The summed E-state index contributed by atoms with van der Waals surface area (Å²) in [6, 6.07) is 5.42. The Labute approximate surface area is 178 Å². The van der Waals surface area contributed by atoms with Gasteiger partial charge in [-0.05, 0) is 31.7 Å². The van der Waals surface area contributed by atoms with E-state index in [0.717, 1.165) is 19.3 Å². The average Bonchev–Trinajstić information content (AvgIpc) is 3.55. The van der Waals surface area contributed by atoms with Crippen LogP contribution in [-0.2, 0) is 9.59 Å². The molecule has 1 saturated carbocycles. The Morgan fingerprint density at radius 3 is 2.65 bits per heavy atom. The monoisotopic (exact) mass is 416 g/mol. The minimum atomic E-state index is -0.400. The maximum Gasteiger partial charge on any atom is 0.242 e. The van der Waals surface area contributed by atoms with Crippen LogP contribution >= 0.6 is 0 Å². The van der Waals surface area contributed by atoms with Crippen LogP contribution in [0.4, 0.5) is 11.5 Å². The number of nitriles is 2. The number of nitrogens with one attached hydrogen (secondary N) is 2. The highest BCUT2D eigenvalue weighted by molar-refractivity contribution is 5.93. The lowest BCUT2D eigenvalue weighted by Crippen LogP contribution is -2.38. The van der Waals surface area contributed by atoms with Gasteiger partial charge in [0.15, 0.2) is 11.5 Å². The van der Waals surface area contributed by atoms with Crippen molar-refractivity contribution >= 4 is 23.3 Å². The van der Waals surface area contributed by atoms with Crippen molar-refractivity contribution in [2.45, 2.75) is 31.7 Å². The maximum absolute atomic E-state index is 12.5. The number of hydrogen-bond acceptors (Lipinski definition) is 8. The largest absolute Gasteiger partial charge is 0.374 e. The quantitative estimate of drug-likeness (QED) is 0.723. The second-order valence-corrected chi connectivity index (χ2v) is 7.51. The van der Waals surface area contributed by atoms with Crippen LogP contribution in [0.15, 0.2) is 24.7 Å². The maximum atomic E-state index is 12.5. The number of amides is 2. The lowest BCUT2D eigenvalue weighted by Gasteiger charge is -2.20. The third-order valence-corrected chi connectivity index (χ3v) is 5.29. The Balaban J connectivity index is 1.45. The summed E-state index contributed by atoms with van der Waals surface area (Å²) in [7, 11) is 0. The van der Waals surface area contributed by atoms with Gasteiger partial charge in [-0.1, -0.05) is 0 Å². The Bertz CT molecular complexity index is 1080. The summed E-state index contributed by atoms with van der Waals surface area (Å²) in [5.74, 6) is 0.206. The molecule has 1 aliphatic heterocycles. The average molecular weight is 416 g/mol. The molecule has 2 fully saturated rings. The summed E-state index contributed by atoms with van der Waals surface area (Å²) in [6.45, 7) is 0.511. The van der Waals surface area contributed by atoms with Gasteiger partial charge in [0.25, 0.3) is 0 Å². The van der Waals surface area contributed by atoms with E-state index in [1.165, 1.54) is 18.6 Å². The van der Waals surface area contributed by atoms with Gasteiger partial charge in [0.05, 0.1) is 36.4 Å². The van der Waals surface area contributed by atoms with E-state index in [2.05, 4.69) is 31.7 Å². The van der Waals surface area contributed by atoms with Gasteiger partial charge in [0, 0.05) is 24.2 Å². The molecule has 4 rings (SSSR count). The number of aromatic nitrogens is 3. The minimum Gasteiger partial charge on any atom is -0.374 e. The molecule has 0 spiro atoms. The van der Waals surface area contributed by atoms with Gasteiger partial charge in [-0.25, -0.2) is 9.97 Å². The number of anilines is 2. The Kier molecular flexibility index (Phi) is 5.72. The zero-order valence-corrected chi connectivity index (χ0v) is 16.7. The van der Waals surface area contributed by atoms with E-state index in [0.29, 0.717) is 35.7 Å². The number of carbonyl (C=O) groups excluding carboxylic acids is 2. The number of nitrogens with zero attached hydrogens (tertiary/aromatic N) is 6. The highest BCUT2D eigenvalue weighted by Crippen LogP contribution is 2.30. The van der Waals surface area contributed by atoms with Crippen LogP contribution in [0.25, 0.3) is 11.3 Å². The molecule has 2 aromatic heterocycles. The molecule has 1 unspecified atom stereocenters. The Hall–Kier alpha value is -4.05. The smallest absolute Gasteiger partial charge is 0.242 e. The number of carbonyl (C=O) groups is 2. The van der Waals surface area contributed by atoms with Crippen LogP contribution in [0.2, 0.25) is 0 Å².